The van der Waals surface area contributed by atoms with Gasteiger partial charge in [0.2, 0.25) is 0 Å². The standard InChI is InChI=1S/C56H34N4/c57-35-47-48(36-58)54(39-29-31-45-43-25-13-15-27-49(43)59(51(45)33-39)41-21-9-3-10-22-41)55(38-19-7-2-8-20-38)56(53(47)37-17-5-1-6-18-37)40-30-32-46-44-26-14-16-28-50(44)60(52(46)34-40)42-23-11-4-12-24-42/h1-34H. The number of rotatable bonds is 6. The Morgan fingerprint density at radius 1 is 0.283 bits per heavy atom. The Morgan fingerprint density at radius 2 is 0.617 bits per heavy atom. The lowest BCUT2D eigenvalue weighted by molar-refractivity contribution is 1.18. The molecule has 2 heterocycles. The van der Waals surface area contributed by atoms with Crippen molar-refractivity contribution in [2.45, 2.75) is 0 Å². The van der Waals surface area contributed by atoms with Crippen LogP contribution < -0.4 is 0 Å². The van der Waals surface area contributed by atoms with Gasteiger partial charge in [-0.15, -0.1) is 0 Å². The molecule has 60 heavy (non-hydrogen) atoms. The van der Waals surface area contributed by atoms with Crippen molar-refractivity contribution in [3.63, 3.8) is 0 Å². The summed E-state index contributed by atoms with van der Waals surface area (Å²) in [4.78, 5) is 0. The minimum Gasteiger partial charge on any atom is -0.309 e. The van der Waals surface area contributed by atoms with Gasteiger partial charge in [0.05, 0.1) is 33.2 Å². The zero-order valence-corrected chi connectivity index (χ0v) is 32.4. The molecule has 9 aromatic carbocycles. The van der Waals surface area contributed by atoms with Crippen molar-refractivity contribution < 1.29 is 0 Å². The zero-order chi connectivity index (χ0) is 40.2. The van der Waals surface area contributed by atoms with E-state index in [9.17, 15) is 10.5 Å². The van der Waals surface area contributed by atoms with E-state index in [1.807, 2.05) is 60.7 Å². The Labute approximate surface area is 347 Å². The van der Waals surface area contributed by atoms with Crippen LogP contribution in [0.5, 0.6) is 0 Å². The molecule has 0 aliphatic rings. The number of nitrogens with zero attached hydrogens (tertiary/aromatic N) is 4. The van der Waals surface area contributed by atoms with Crippen LogP contribution in [0.4, 0.5) is 0 Å². The van der Waals surface area contributed by atoms with Crippen LogP contribution in [0, 0.1) is 22.7 Å². The van der Waals surface area contributed by atoms with Gasteiger partial charge < -0.3 is 9.13 Å². The zero-order valence-electron chi connectivity index (χ0n) is 32.4. The second-order valence-electron chi connectivity index (χ2n) is 15.0. The molecule has 0 saturated heterocycles. The summed E-state index contributed by atoms with van der Waals surface area (Å²) in [5.74, 6) is 0. The molecule has 4 nitrogen and oxygen atoms in total. The van der Waals surface area contributed by atoms with Crippen LogP contribution in [0.15, 0.2) is 206 Å². The van der Waals surface area contributed by atoms with E-state index in [0.717, 1.165) is 99.5 Å². The monoisotopic (exact) mass is 762 g/mol. The summed E-state index contributed by atoms with van der Waals surface area (Å²) in [6.45, 7) is 0. The maximum Gasteiger partial charge on any atom is 0.101 e. The van der Waals surface area contributed by atoms with Gasteiger partial charge in [0.15, 0.2) is 0 Å². The fraction of sp³-hybridized carbons (Fsp3) is 0. The highest BCUT2D eigenvalue weighted by atomic mass is 15.0. The predicted octanol–water partition coefficient (Wildman–Crippen LogP) is 14.3. The van der Waals surface area contributed by atoms with Gasteiger partial charge in [-0.2, -0.15) is 10.5 Å². The molecular weight excluding hydrogens is 729 g/mol. The molecule has 0 fully saturated rings. The van der Waals surface area contributed by atoms with E-state index >= 15 is 0 Å². The highest BCUT2D eigenvalue weighted by Crippen LogP contribution is 2.51. The van der Waals surface area contributed by atoms with Crippen LogP contribution in [0.1, 0.15) is 11.1 Å². The molecular formula is C56H34N4. The molecule has 278 valence electrons. The molecule has 0 aliphatic carbocycles. The van der Waals surface area contributed by atoms with Crippen molar-refractivity contribution in [1.82, 2.24) is 9.13 Å². The number of nitriles is 2. The van der Waals surface area contributed by atoms with Crippen LogP contribution in [-0.2, 0) is 0 Å². The Balaban J connectivity index is 1.31. The van der Waals surface area contributed by atoms with Crippen LogP contribution in [0.2, 0.25) is 0 Å². The third-order valence-electron chi connectivity index (χ3n) is 11.8. The molecule has 0 unspecified atom stereocenters. The van der Waals surface area contributed by atoms with Crippen molar-refractivity contribution in [3.05, 3.63) is 217 Å². The largest absolute Gasteiger partial charge is 0.309 e. The average Bonchev–Trinajstić information content (AvgIpc) is 3.83. The van der Waals surface area contributed by atoms with E-state index < -0.39 is 0 Å². The molecule has 0 saturated carbocycles. The Hall–Kier alpha value is -8.44. The van der Waals surface area contributed by atoms with Gasteiger partial charge in [0.1, 0.15) is 12.1 Å². The van der Waals surface area contributed by atoms with Crippen molar-refractivity contribution in [2.75, 3.05) is 0 Å². The smallest absolute Gasteiger partial charge is 0.101 e. The Morgan fingerprint density at radius 3 is 1.07 bits per heavy atom. The molecule has 0 aliphatic heterocycles. The molecule has 0 amide bonds. The first-order chi connectivity index (χ1) is 29.7. The fourth-order valence-electron chi connectivity index (χ4n) is 9.30. The number of hydrogen-bond donors (Lipinski definition) is 0. The lowest BCUT2D eigenvalue weighted by Crippen LogP contribution is -2.03. The predicted molar refractivity (Wildman–Crippen MR) is 246 cm³/mol. The first-order valence-electron chi connectivity index (χ1n) is 20.1. The van der Waals surface area contributed by atoms with Gasteiger partial charge in [0, 0.05) is 44.0 Å². The summed E-state index contributed by atoms with van der Waals surface area (Å²) in [7, 11) is 0. The van der Waals surface area contributed by atoms with Crippen molar-refractivity contribution in [3.8, 4) is 68.0 Å². The van der Waals surface area contributed by atoms with E-state index in [2.05, 4.69) is 167 Å². The summed E-state index contributed by atoms with van der Waals surface area (Å²) in [5, 5.41) is 27.2. The maximum absolute atomic E-state index is 11.3. The molecule has 0 N–H and O–H groups in total. The minimum absolute atomic E-state index is 0.347. The first kappa shape index (κ1) is 34.8. The van der Waals surface area contributed by atoms with Gasteiger partial charge in [-0.1, -0.05) is 158 Å². The second kappa shape index (κ2) is 14.2. The first-order valence-corrected chi connectivity index (χ1v) is 20.1. The summed E-state index contributed by atoms with van der Waals surface area (Å²) in [5.41, 5.74) is 14.0. The number of aromatic nitrogens is 2. The summed E-state index contributed by atoms with van der Waals surface area (Å²) < 4.78 is 4.62. The van der Waals surface area contributed by atoms with Gasteiger partial charge >= 0.3 is 0 Å². The lowest BCUT2D eigenvalue weighted by Gasteiger charge is -2.24. The number of para-hydroxylation sites is 4. The van der Waals surface area contributed by atoms with Gasteiger partial charge in [-0.25, -0.2) is 0 Å². The molecule has 2 aromatic heterocycles. The van der Waals surface area contributed by atoms with E-state index in [0.29, 0.717) is 11.1 Å². The SMILES string of the molecule is N#Cc1c(C#N)c(-c2ccccc2)c(-c2ccc3c4ccccc4n(-c4ccccc4)c3c2)c(-c2ccccc2)c1-c1ccc2c3ccccc3n(-c3ccccc3)c2c1. The summed E-state index contributed by atoms with van der Waals surface area (Å²) in [6, 6.07) is 76.6. The van der Waals surface area contributed by atoms with Crippen LogP contribution in [-0.4, -0.2) is 9.13 Å². The fourth-order valence-corrected chi connectivity index (χ4v) is 9.30. The quantitative estimate of drug-likeness (QED) is 0.169. The van der Waals surface area contributed by atoms with E-state index in [4.69, 9.17) is 0 Å². The molecule has 11 rings (SSSR count). The average molecular weight is 763 g/mol. The highest BCUT2D eigenvalue weighted by molar-refractivity contribution is 6.14. The number of fused-ring (bicyclic) bond motifs is 6. The van der Waals surface area contributed by atoms with Crippen molar-refractivity contribution in [2.24, 2.45) is 0 Å². The van der Waals surface area contributed by atoms with E-state index in [1.165, 1.54) is 0 Å². The maximum atomic E-state index is 11.3. The third kappa shape index (κ3) is 5.37. The normalized spacial score (nSPS) is 11.3. The van der Waals surface area contributed by atoms with Crippen LogP contribution in [0.3, 0.4) is 0 Å². The molecule has 0 bridgehead atoms. The van der Waals surface area contributed by atoms with Crippen LogP contribution in [0.25, 0.3) is 99.5 Å². The molecule has 0 spiro atoms. The van der Waals surface area contributed by atoms with Gasteiger partial charge in [-0.3, -0.25) is 0 Å². The Bertz CT molecular complexity index is 3530. The minimum atomic E-state index is 0.347. The van der Waals surface area contributed by atoms with E-state index in [1.54, 1.807) is 0 Å². The van der Waals surface area contributed by atoms with E-state index in [-0.39, 0.29) is 0 Å². The molecule has 0 atom stereocenters. The second-order valence-corrected chi connectivity index (χ2v) is 15.0. The molecule has 4 heteroatoms. The Kier molecular flexibility index (Phi) is 8.22. The summed E-state index contributed by atoms with van der Waals surface area (Å²) in [6.07, 6.45) is 0. The molecule has 0 radical (unpaired) electrons. The van der Waals surface area contributed by atoms with Crippen molar-refractivity contribution >= 4 is 43.6 Å². The lowest BCUT2D eigenvalue weighted by atomic mass is 9.77. The molecule has 11 aromatic rings. The summed E-state index contributed by atoms with van der Waals surface area (Å²) >= 11 is 0. The topological polar surface area (TPSA) is 57.4 Å². The highest BCUT2D eigenvalue weighted by Gasteiger charge is 2.29. The van der Waals surface area contributed by atoms with Gasteiger partial charge in [0.25, 0.3) is 0 Å². The van der Waals surface area contributed by atoms with Crippen molar-refractivity contribution in [1.29, 1.82) is 10.5 Å². The van der Waals surface area contributed by atoms with Gasteiger partial charge in [-0.05, 0) is 81.9 Å². The number of benzene rings is 9. The van der Waals surface area contributed by atoms with Crippen LogP contribution >= 0.6 is 0 Å². The third-order valence-corrected chi connectivity index (χ3v) is 11.8. The number of hydrogen-bond acceptors (Lipinski definition) is 2.